The van der Waals surface area contributed by atoms with Gasteiger partial charge in [0, 0.05) is 6.42 Å². The Morgan fingerprint density at radius 2 is 1.38 bits per heavy atom. The summed E-state index contributed by atoms with van der Waals surface area (Å²) in [5.41, 5.74) is 0. The van der Waals surface area contributed by atoms with Crippen LogP contribution in [0.3, 0.4) is 0 Å². The molecule has 0 N–H and O–H groups in total. The van der Waals surface area contributed by atoms with E-state index in [1.807, 2.05) is 0 Å². The van der Waals surface area contributed by atoms with Crippen LogP contribution in [0.4, 0.5) is 0 Å². The first-order valence-electron chi connectivity index (χ1n) is 8.33. The molecular formula is C19H32O2. The number of hydrogen-bond acceptors (Lipinski definition) is 2. The Morgan fingerprint density at radius 1 is 0.810 bits per heavy atom. The molecule has 0 rings (SSSR count). The molecule has 0 spiro atoms. The van der Waals surface area contributed by atoms with E-state index >= 15 is 0 Å². The van der Waals surface area contributed by atoms with Crippen molar-refractivity contribution in [1.29, 1.82) is 0 Å². The Kier molecular flexibility index (Phi) is 15.7. The Bertz CT molecular complexity index is 314. The van der Waals surface area contributed by atoms with E-state index in [0.29, 0.717) is 6.42 Å². The molecule has 0 unspecified atom stereocenters. The number of hydrogen-bond donors (Lipinski definition) is 0. The van der Waals surface area contributed by atoms with Gasteiger partial charge in [-0.15, -0.1) is 0 Å². The van der Waals surface area contributed by atoms with Crippen LogP contribution in [0.25, 0.3) is 0 Å². The molecule has 0 radical (unpaired) electrons. The van der Waals surface area contributed by atoms with E-state index < -0.39 is 0 Å². The standard InChI is InChI=1S/C19H32O2/c1-3-4-5-6-7-8-9-10-11-12-13-14-15-16-17-18-19(20)21-2/h4-5,7-8,10-11H,3,6,9,12-18H2,1-2H3/b5-4+,8-7-,11-10-. The zero-order valence-corrected chi connectivity index (χ0v) is 13.9. The minimum atomic E-state index is -0.0869. The molecule has 0 fully saturated rings. The molecule has 0 aliphatic carbocycles. The molecule has 21 heavy (non-hydrogen) atoms. The monoisotopic (exact) mass is 292 g/mol. The smallest absolute Gasteiger partial charge is 0.305 e. The van der Waals surface area contributed by atoms with Gasteiger partial charge in [0.2, 0.25) is 0 Å². The highest BCUT2D eigenvalue weighted by Gasteiger charge is 1.98. The first-order valence-corrected chi connectivity index (χ1v) is 8.33. The lowest BCUT2D eigenvalue weighted by Gasteiger charge is -1.99. The second-order valence-corrected chi connectivity index (χ2v) is 5.18. The van der Waals surface area contributed by atoms with Crippen molar-refractivity contribution in [3.05, 3.63) is 36.5 Å². The van der Waals surface area contributed by atoms with E-state index in [1.165, 1.54) is 32.8 Å². The van der Waals surface area contributed by atoms with Gasteiger partial charge in [-0.1, -0.05) is 62.6 Å². The van der Waals surface area contributed by atoms with Crippen molar-refractivity contribution >= 4 is 5.97 Å². The number of allylic oxidation sites excluding steroid dienone is 6. The Hall–Kier alpha value is -1.31. The number of ether oxygens (including phenoxy) is 1. The van der Waals surface area contributed by atoms with Crippen LogP contribution in [-0.2, 0) is 9.53 Å². The van der Waals surface area contributed by atoms with Gasteiger partial charge in [0.25, 0.3) is 0 Å². The summed E-state index contributed by atoms with van der Waals surface area (Å²) in [6.45, 7) is 2.15. The van der Waals surface area contributed by atoms with Crippen molar-refractivity contribution in [3.63, 3.8) is 0 Å². The Morgan fingerprint density at radius 3 is 2.05 bits per heavy atom. The summed E-state index contributed by atoms with van der Waals surface area (Å²) in [6.07, 6.45) is 24.1. The summed E-state index contributed by atoms with van der Waals surface area (Å²) in [7, 11) is 1.45. The molecule has 0 aliphatic heterocycles. The van der Waals surface area contributed by atoms with Crippen LogP contribution in [0, 0.1) is 0 Å². The summed E-state index contributed by atoms with van der Waals surface area (Å²) in [5.74, 6) is -0.0869. The number of methoxy groups -OCH3 is 1. The lowest BCUT2D eigenvalue weighted by atomic mass is 10.1. The lowest BCUT2D eigenvalue weighted by molar-refractivity contribution is -0.140. The summed E-state index contributed by atoms with van der Waals surface area (Å²) in [6, 6.07) is 0. The van der Waals surface area contributed by atoms with E-state index in [2.05, 4.69) is 48.1 Å². The van der Waals surface area contributed by atoms with Gasteiger partial charge in [-0.3, -0.25) is 4.79 Å². The predicted octanol–water partition coefficient (Wildman–Crippen LogP) is 5.75. The minimum absolute atomic E-state index is 0.0869. The second kappa shape index (κ2) is 16.7. The van der Waals surface area contributed by atoms with Crippen LogP contribution >= 0.6 is 0 Å². The maximum absolute atomic E-state index is 10.9. The molecule has 0 aliphatic rings. The van der Waals surface area contributed by atoms with Crippen molar-refractivity contribution in [2.45, 2.75) is 71.1 Å². The average Bonchev–Trinajstić information content (AvgIpc) is 2.50. The van der Waals surface area contributed by atoms with Crippen LogP contribution in [0.2, 0.25) is 0 Å². The van der Waals surface area contributed by atoms with Gasteiger partial charge < -0.3 is 4.74 Å². The highest BCUT2D eigenvalue weighted by molar-refractivity contribution is 5.68. The van der Waals surface area contributed by atoms with Gasteiger partial charge in [-0.2, -0.15) is 0 Å². The third-order valence-corrected chi connectivity index (χ3v) is 3.26. The molecule has 0 aromatic heterocycles. The van der Waals surface area contributed by atoms with Crippen LogP contribution in [-0.4, -0.2) is 13.1 Å². The molecule has 0 bridgehead atoms. The number of unbranched alkanes of at least 4 members (excludes halogenated alkanes) is 5. The Balaban J connectivity index is 3.25. The van der Waals surface area contributed by atoms with Crippen LogP contribution in [0.15, 0.2) is 36.5 Å². The zero-order chi connectivity index (χ0) is 15.6. The molecule has 0 amide bonds. The molecule has 2 heteroatoms. The maximum Gasteiger partial charge on any atom is 0.305 e. The number of carbonyl (C=O) groups is 1. The average molecular weight is 292 g/mol. The molecule has 0 atom stereocenters. The first-order chi connectivity index (χ1) is 10.3. The highest BCUT2D eigenvalue weighted by atomic mass is 16.5. The second-order valence-electron chi connectivity index (χ2n) is 5.18. The highest BCUT2D eigenvalue weighted by Crippen LogP contribution is 2.08. The van der Waals surface area contributed by atoms with Gasteiger partial charge in [0.1, 0.15) is 0 Å². The third-order valence-electron chi connectivity index (χ3n) is 3.26. The zero-order valence-electron chi connectivity index (χ0n) is 13.9. The molecular weight excluding hydrogens is 260 g/mol. The molecule has 0 saturated heterocycles. The van der Waals surface area contributed by atoms with Crippen molar-refractivity contribution in [3.8, 4) is 0 Å². The summed E-state index contributed by atoms with van der Waals surface area (Å²) in [4.78, 5) is 10.9. The van der Waals surface area contributed by atoms with Crippen LogP contribution in [0.1, 0.15) is 71.1 Å². The van der Waals surface area contributed by atoms with Crippen molar-refractivity contribution in [1.82, 2.24) is 0 Å². The fourth-order valence-electron chi connectivity index (χ4n) is 1.99. The van der Waals surface area contributed by atoms with E-state index in [4.69, 9.17) is 0 Å². The van der Waals surface area contributed by atoms with Gasteiger partial charge in [0.05, 0.1) is 7.11 Å². The fourth-order valence-corrected chi connectivity index (χ4v) is 1.99. The molecule has 0 aromatic carbocycles. The van der Waals surface area contributed by atoms with E-state index in [0.717, 1.165) is 32.1 Å². The van der Waals surface area contributed by atoms with E-state index in [9.17, 15) is 4.79 Å². The van der Waals surface area contributed by atoms with Crippen LogP contribution < -0.4 is 0 Å². The topological polar surface area (TPSA) is 26.3 Å². The largest absolute Gasteiger partial charge is 0.469 e. The van der Waals surface area contributed by atoms with Gasteiger partial charge in [0.15, 0.2) is 0 Å². The summed E-state index contributed by atoms with van der Waals surface area (Å²) in [5, 5.41) is 0. The summed E-state index contributed by atoms with van der Waals surface area (Å²) >= 11 is 0. The number of carbonyl (C=O) groups excluding carboxylic acids is 1. The summed E-state index contributed by atoms with van der Waals surface area (Å²) < 4.78 is 4.61. The SMILES string of the molecule is CC/C=C/C/C=C\C/C=C\CCCCCCCC(=O)OC. The van der Waals surface area contributed by atoms with Crippen molar-refractivity contribution < 1.29 is 9.53 Å². The fraction of sp³-hybridized carbons (Fsp3) is 0.632. The normalized spacial score (nSPS) is 11.9. The van der Waals surface area contributed by atoms with E-state index in [1.54, 1.807) is 0 Å². The Labute approximate surface area is 131 Å². The predicted molar refractivity (Wildman–Crippen MR) is 91.3 cm³/mol. The molecule has 0 aromatic rings. The van der Waals surface area contributed by atoms with Gasteiger partial charge in [-0.25, -0.2) is 0 Å². The quantitative estimate of drug-likeness (QED) is 0.245. The van der Waals surface area contributed by atoms with Crippen molar-refractivity contribution in [2.75, 3.05) is 7.11 Å². The van der Waals surface area contributed by atoms with Gasteiger partial charge >= 0.3 is 5.97 Å². The minimum Gasteiger partial charge on any atom is -0.469 e. The molecule has 2 nitrogen and oxygen atoms in total. The van der Waals surface area contributed by atoms with Crippen LogP contribution in [0.5, 0.6) is 0 Å². The van der Waals surface area contributed by atoms with E-state index in [-0.39, 0.29) is 5.97 Å². The maximum atomic E-state index is 10.9. The molecule has 120 valence electrons. The van der Waals surface area contributed by atoms with Crippen molar-refractivity contribution in [2.24, 2.45) is 0 Å². The number of rotatable bonds is 13. The molecule has 0 saturated carbocycles. The lowest BCUT2D eigenvalue weighted by Crippen LogP contribution is -1.98. The first kappa shape index (κ1) is 19.7. The molecule has 0 heterocycles. The number of esters is 1. The van der Waals surface area contributed by atoms with Gasteiger partial charge in [-0.05, 0) is 38.5 Å². The third kappa shape index (κ3) is 16.6.